The maximum Gasteiger partial charge on any atom is 0.115 e. The standard InChI is InChI=1S/C44H28N2/c1-3-11-29(12-4-1)31-20-22-39-41(23-31)43(34-26-45-28-46-27-34)38-21-19-32(30-13-5-2-6-14-30)24-42(38)44(39)40-25-33-15-7-8-16-35(33)36-17-9-10-18-37(36)40/h1-28H. The van der Waals surface area contributed by atoms with E-state index in [-0.39, 0.29) is 0 Å². The van der Waals surface area contributed by atoms with E-state index in [1.54, 1.807) is 6.33 Å². The van der Waals surface area contributed by atoms with Crippen molar-refractivity contribution in [2.24, 2.45) is 0 Å². The number of aromatic nitrogens is 2. The third-order valence-corrected chi connectivity index (χ3v) is 9.22. The van der Waals surface area contributed by atoms with E-state index in [1.807, 2.05) is 12.4 Å². The van der Waals surface area contributed by atoms with Crippen LogP contribution in [0.5, 0.6) is 0 Å². The fourth-order valence-electron chi connectivity index (χ4n) is 7.14. The van der Waals surface area contributed by atoms with Gasteiger partial charge in [0.1, 0.15) is 6.33 Å². The van der Waals surface area contributed by atoms with Crippen LogP contribution in [-0.2, 0) is 0 Å². The van der Waals surface area contributed by atoms with Gasteiger partial charge in [0.2, 0.25) is 0 Å². The molecule has 9 aromatic rings. The van der Waals surface area contributed by atoms with Gasteiger partial charge in [-0.15, -0.1) is 0 Å². The average Bonchev–Trinajstić information content (AvgIpc) is 3.14. The molecule has 2 nitrogen and oxygen atoms in total. The normalized spacial score (nSPS) is 11.5. The highest BCUT2D eigenvalue weighted by atomic mass is 14.8. The Balaban J connectivity index is 1.49. The highest BCUT2D eigenvalue weighted by Gasteiger charge is 2.20. The third-order valence-electron chi connectivity index (χ3n) is 9.22. The summed E-state index contributed by atoms with van der Waals surface area (Å²) >= 11 is 0. The molecule has 0 saturated heterocycles. The topological polar surface area (TPSA) is 25.8 Å². The molecule has 0 atom stereocenters. The monoisotopic (exact) mass is 584 g/mol. The molecule has 0 aliphatic rings. The second-order valence-electron chi connectivity index (χ2n) is 11.8. The predicted octanol–water partition coefficient (Wildman–Crippen LogP) is 11.8. The van der Waals surface area contributed by atoms with E-state index in [9.17, 15) is 0 Å². The number of nitrogens with zero attached hydrogens (tertiary/aromatic N) is 2. The highest BCUT2D eigenvalue weighted by Crippen LogP contribution is 2.48. The van der Waals surface area contributed by atoms with Gasteiger partial charge >= 0.3 is 0 Å². The largest absolute Gasteiger partial charge is 0.244 e. The van der Waals surface area contributed by atoms with Crippen LogP contribution in [0.15, 0.2) is 170 Å². The molecule has 0 aliphatic carbocycles. The van der Waals surface area contributed by atoms with E-state index in [4.69, 9.17) is 0 Å². The van der Waals surface area contributed by atoms with Crippen molar-refractivity contribution in [3.63, 3.8) is 0 Å². The van der Waals surface area contributed by atoms with Crippen LogP contribution in [0.25, 0.3) is 87.6 Å². The minimum Gasteiger partial charge on any atom is -0.244 e. The SMILES string of the molecule is c1ccc(-c2ccc3c(-c4cc5ccccc5c5ccccc45)c4cc(-c5ccccc5)ccc4c(-c4cncnc4)c3c2)cc1. The first-order valence-electron chi connectivity index (χ1n) is 15.6. The molecule has 1 aromatic heterocycles. The molecule has 0 N–H and O–H groups in total. The zero-order valence-electron chi connectivity index (χ0n) is 25.1. The van der Waals surface area contributed by atoms with Gasteiger partial charge in [-0.05, 0) is 94.7 Å². The van der Waals surface area contributed by atoms with E-state index < -0.39 is 0 Å². The van der Waals surface area contributed by atoms with Crippen molar-refractivity contribution in [2.75, 3.05) is 0 Å². The summed E-state index contributed by atoms with van der Waals surface area (Å²) in [5.41, 5.74) is 9.39. The van der Waals surface area contributed by atoms with E-state index >= 15 is 0 Å². The van der Waals surface area contributed by atoms with Crippen LogP contribution >= 0.6 is 0 Å². The molecule has 2 heteroatoms. The summed E-state index contributed by atoms with van der Waals surface area (Å²) in [6.07, 6.45) is 5.48. The van der Waals surface area contributed by atoms with Gasteiger partial charge in [-0.25, -0.2) is 9.97 Å². The maximum absolute atomic E-state index is 4.46. The Bertz CT molecular complexity index is 2560. The fraction of sp³-hybridized carbons (Fsp3) is 0. The quantitative estimate of drug-likeness (QED) is 0.152. The lowest BCUT2D eigenvalue weighted by Crippen LogP contribution is -1.94. The van der Waals surface area contributed by atoms with Gasteiger partial charge in [0.15, 0.2) is 0 Å². The summed E-state index contributed by atoms with van der Waals surface area (Å²) in [4.78, 5) is 8.93. The molecule has 1 heterocycles. The van der Waals surface area contributed by atoms with E-state index in [2.05, 4.69) is 162 Å². The van der Waals surface area contributed by atoms with Crippen LogP contribution in [0, 0.1) is 0 Å². The van der Waals surface area contributed by atoms with Crippen molar-refractivity contribution in [2.45, 2.75) is 0 Å². The van der Waals surface area contributed by atoms with E-state index in [1.165, 1.54) is 76.5 Å². The maximum atomic E-state index is 4.46. The molecule has 0 fully saturated rings. The zero-order chi connectivity index (χ0) is 30.5. The molecule has 8 aromatic carbocycles. The van der Waals surface area contributed by atoms with Crippen LogP contribution < -0.4 is 0 Å². The lowest BCUT2D eigenvalue weighted by molar-refractivity contribution is 1.17. The molecule has 0 amide bonds. The Labute approximate surface area is 267 Å². The van der Waals surface area contributed by atoms with Crippen molar-refractivity contribution >= 4 is 43.1 Å². The number of hydrogen-bond donors (Lipinski definition) is 0. The highest BCUT2D eigenvalue weighted by molar-refractivity contribution is 6.26. The molecule has 0 unspecified atom stereocenters. The van der Waals surface area contributed by atoms with Crippen LogP contribution in [-0.4, -0.2) is 9.97 Å². The van der Waals surface area contributed by atoms with Crippen LogP contribution in [0.4, 0.5) is 0 Å². The Hall–Kier alpha value is -6.12. The van der Waals surface area contributed by atoms with E-state index in [0.29, 0.717) is 0 Å². The lowest BCUT2D eigenvalue weighted by atomic mass is 9.82. The average molecular weight is 585 g/mol. The molecule has 0 aliphatic heterocycles. The number of rotatable bonds is 4. The number of fused-ring (bicyclic) bond motifs is 5. The lowest BCUT2D eigenvalue weighted by Gasteiger charge is -2.21. The molecule has 0 bridgehead atoms. The summed E-state index contributed by atoms with van der Waals surface area (Å²) in [5, 5.41) is 9.79. The zero-order valence-corrected chi connectivity index (χ0v) is 25.1. The minimum absolute atomic E-state index is 1.00. The Morgan fingerprint density at radius 3 is 1.48 bits per heavy atom. The Morgan fingerprint density at radius 1 is 0.304 bits per heavy atom. The van der Waals surface area contributed by atoms with E-state index in [0.717, 1.165) is 11.1 Å². The smallest absolute Gasteiger partial charge is 0.115 e. The van der Waals surface area contributed by atoms with Gasteiger partial charge in [0.05, 0.1) is 0 Å². The number of hydrogen-bond acceptors (Lipinski definition) is 2. The Kier molecular flexibility index (Phi) is 6.17. The van der Waals surface area contributed by atoms with Gasteiger partial charge in [0, 0.05) is 23.5 Å². The van der Waals surface area contributed by atoms with Gasteiger partial charge < -0.3 is 0 Å². The van der Waals surface area contributed by atoms with Gasteiger partial charge in [0.25, 0.3) is 0 Å². The minimum atomic E-state index is 1.00. The predicted molar refractivity (Wildman–Crippen MR) is 194 cm³/mol. The number of benzene rings is 8. The van der Waals surface area contributed by atoms with Crippen molar-refractivity contribution < 1.29 is 0 Å². The van der Waals surface area contributed by atoms with Crippen LogP contribution in [0.3, 0.4) is 0 Å². The summed E-state index contributed by atoms with van der Waals surface area (Å²) in [6, 6.07) is 55.1. The first kappa shape index (κ1) is 26.3. The summed E-state index contributed by atoms with van der Waals surface area (Å²) in [6.45, 7) is 0. The van der Waals surface area contributed by atoms with Crippen molar-refractivity contribution in [3.8, 4) is 44.5 Å². The fourth-order valence-corrected chi connectivity index (χ4v) is 7.14. The Morgan fingerprint density at radius 2 is 0.826 bits per heavy atom. The summed E-state index contributed by atoms with van der Waals surface area (Å²) in [7, 11) is 0. The van der Waals surface area contributed by atoms with Crippen molar-refractivity contribution in [1.82, 2.24) is 9.97 Å². The summed E-state index contributed by atoms with van der Waals surface area (Å²) in [5.74, 6) is 0. The van der Waals surface area contributed by atoms with Gasteiger partial charge in [-0.2, -0.15) is 0 Å². The van der Waals surface area contributed by atoms with Gasteiger partial charge in [-0.3, -0.25) is 0 Å². The molecule has 0 radical (unpaired) electrons. The molecule has 9 rings (SSSR count). The van der Waals surface area contributed by atoms with Crippen LogP contribution in [0.2, 0.25) is 0 Å². The second kappa shape index (κ2) is 10.8. The van der Waals surface area contributed by atoms with Crippen LogP contribution in [0.1, 0.15) is 0 Å². The molecular weight excluding hydrogens is 556 g/mol. The molecule has 214 valence electrons. The summed E-state index contributed by atoms with van der Waals surface area (Å²) < 4.78 is 0. The van der Waals surface area contributed by atoms with Crippen molar-refractivity contribution in [3.05, 3.63) is 170 Å². The first-order valence-corrected chi connectivity index (χ1v) is 15.6. The first-order chi connectivity index (χ1) is 22.8. The molecule has 0 spiro atoms. The molecule has 0 saturated carbocycles. The van der Waals surface area contributed by atoms with Gasteiger partial charge in [-0.1, -0.05) is 133 Å². The second-order valence-corrected chi connectivity index (χ2v) is 11.8. The molecule has 46 heavy (non-hydrogen) atoms. The third kappa shape index (κ3) is 4.27. The van der Waals surface area contributed by atoms with Crippen molar-refractivity contribution in [1.29, 1.82) is 0 Å². The molecular formula is C44H28N2.